The van der Waals surface area contributed by atoms with Gasteiger partial charge in [0.2, 0.25) is 0 Å². The van der Waals surface area contributed by atoms with Gasteiger partial charge in [-0.2, -0.15) is 0 Å². The Bertz CT molecular complexity index is 840. The molecule has 3 aromatic rings. The lowest BCUT2D eigenvalue weighted by molar-refractivity contribution is 0.900. The normalized spacial score (nSPS) is 11.0. The van der Waals surface area contributed by atoms with Gasteiger partial charge in [0.25, 0.3) is 5.56 Å². The SMILES string of the molecule is CCNc1cn2ccnc2c(Sc2nc(C)cc(=O)[nH]2)n1. The van der Waals surface area contributed by atoms with Gasteiger partial charge in [0.15, 0.2) is 10.8 Å². The van der Waals surface area contributed by atoms with Crippen molar-refractivity contribution >= 4 is 23.2 Å². The summed E-state index contributed by atoms with van der Waals surface area (Å²) < 4.78 is 1.89. The first kappa shape index (κ1) is 13.6. The van der Waals surface area contributed by atoms with Gasteiger partial charge in [0.05, 0.1) is 6.20 Å². The number of imidazole rings is 1. The molecule has 0 aliphatic carbocycles. The zero-order chi connectivity index (χ0) is 14.8. The lowest BCUT2D eigenvalue weighted by atomic mass is 10.5. The van der Waals surface area contributed by atoms with Crippen LogP contribution in [0, 0.1) is 6.92 Å². The Morgan fingerprint density at radius 3 is 3.05 bits per heavy atom. The van der Waals surface area contributed by atoms with Gasteiger partial charge in [-0.05, 0) is 25.6 Å². The lowest BCUT2D eigenvalue weighted by Crippen LogP contribution is -2.08. The largest absolute Gasteiger partial charge is 0.369 e. The van der Waals surface area contributed by atoms with Crippen LogP contribution in [0.25, 0.3) is 5.65 Å². The number of nitrogens with zero attached hydrogens (tertiary/aromatic N) is 4. The third-order valence-electron chi connectivity index (χ3n) is 2.74. The fourth-order valence-corrected chi connectivity index (χ4v) is 2.85. The maximum atomic E-state index is 11.5. The molecule has 0 unspecified atom stereocenters. The molecule has 0 fully saturated rings. The van der Waals surface area contributed by atoms with Crippen molar-refractivity contribution in [1.82, 2.24) is 24.3 Å². The molecule has 0 atom stereocenters. The summed E-state index contributed by atoms with van der Waals surface area (Å²) in [5.74, 6) is 0.750. The third kappa shape index (κ3) is 2.89. The number of anilines is 1. The highest BCUT2D eigenvalue weighted by Crippen LogP contribution is 2.27. The van der Waals surface area contributed by atoms with E-state index < -0.39 is 0 Å². The molecule has 21 heavy (non-hydrogen) atoms. The standard InChI is InChI=1S/C13H14N6OS/c1-3-14-9-7-19-5-4-15-11(19)12(17-9)21-13-16-8(2)6-10(20)18-13/h4-7,14H,3H2,1-2H3,(H,16,18,20). The summed E-state index contributed by atoms with van der Waals surface area (Å²) in [6, 6.07) is 1.46. The molecule has 0 radical (unpaired) electrons. The second-order valence-electron chi connectivity index (χ2n) is 4.41. The molecule has 0 bridgehead atoms. The van der Waals surface area contributed by atoms with Crippen molar-refractivity contribution in [3.05, 3.63) is 40.7 Å². The second-order valence-corrected chi connectivity index (χ2v) is 5.39. The minimum Gasteiger partial charge on any atom is -0.369 e. The molecule has 2 N–H and O–H groups in total. The molecule has 0 saturated carbocycles. The van der Waals surface area contributed by atoms with Crippen molar-refractivity contribution in [2.24, 2.45) is 0 Å². The van der Waals surface area contributed by atoms with Gasteiger partial charge in [-0.1, -0.05) is 0 Å². The van der Waals surface area contributed by atoms with E-state index in [0.717, 1.165) is 18.0 Å². The number of nitrogens with one attached hydrogen (secondary N) is 2. The molecule has 108 valence electrons. The molecule has 0 amide bonds. The Kier molecular flexibility index (Phi) is 3.61. The molecule has 3 rings (SSSR count). The van der Waals surface area contributed by atoms with Crippen molar-refractivity contribution in [3.8, 4) is 0 Å². The molecule has 0 saturated heterocycles. The fourth-order valence-electron chi connectivity index (χ4n) is 1.93. The van der Waals surface area contributed by atoms with Crippen molar-refractivity contribution in [3.63, 3.8) is 0 Å². The number of H-pyrrole nitrogens is 1. The number of hydrogen-bond donors (Lipinski definition) is 2. The maximum absolute atomic E-state index is 11.5. The van der Waals surface area contributed by atoms with E-state index in [1.165, 1.54) is 17.8 Å². The van der Waals surface area contributed by atoms with Gasteiger partial charge in [-0.15, -0.1) is 0 Å². The van der Waals surface area contributed by atoms with Crippen LogP contribution in [0.3, 0.4) is 0 Å². The minimum atomic E-state index is -0.174. The average Bonchev–Trinajstić information content (AvgIpc) is 2.86. The zero-order valence-electron chi connectivity index (χ0n) is 11.6. The Morgan fingerprint density at radius 2 is 2.29 bits per heavy atom. The van der Waals surface area contributed by atoms with Crippen LogP contribution >= 0.6 is 11.8 Å². The molecule has 0 aliphatic rings. The Morgan fingerprint density at radius 1 is 1.43 bits per heavy atom. The first-order valence-electron chi connectivity index (χ1n) is 6.49. The highest BCUT2D eigenvalue weighted by molar-refractivity contribution is 7.99. The van der Waals surface area contributed by atoms with E-state index >= 15 is 0 Å². The topological polar surface area (TPSA) is 88.0 Å². The molecule has 0 spiro atoms. The molecular formula is C13H14N6OS. The lowest BCUT2D eigenvalue weighted by Gasteiger charge is -2.07. The van der Waals surface area contributed by atoms with Crippen molar-refractivity contribution in [2.75, 3.05) is 11.9 Å². The van der Waals surface area contributed by atoms with Crippen LogP contribution in [-0.2, 0) is 0 Å². The van der Waals surface area contributed by atoms with E-state index in [1.54, 1.807) is 13.1 Å². The second kappa shape index (κ2) is 5.57. The number of aromatic amines is 1. The summed E-state index contributed by atoms with van der Waals surface area (Å²) in [7, 11) is 0. The van der Waals surface area contributed by atoms with Crippen LogP contribution in [0.2, 0.25) is 0 Å². The first-order chi connectivity index (χ1) is 10.2. The predicted molar refractivity (Wildman–Crippen MR) is 80.9 cm³/mol. The van der Waals surface area contributed by atoms with E-state index in [1.807, 2.05) is 23.7 Å². The van der Waals surface area contributed by atoms with Gasteiger partial charge in [-0.25, -0.2) is 15.0 Å². The van der Waals surface area contributed by atoms with Gasteiger partial charge in [0.1, 0.15) is 10.8 Å². The highest BCUT2D eigenvalue weighted by atomic mass is 32.2. The molecule has 7 nitrogen and oxygen atoms in total. The Balaban J connectivity index is 2.06. The van der Waals surface area contributed by atoms with Crippen LogP contribution in [0.1, 0.15) is 12.6 Å². The zero-order valence-corrected chi connectivity index (χ0v) is 12.4. The summed E-state index contributed by atoms with van der Waals surface area (Å²) in [6.45, 7) is 4.57. The molecule has 0 aromatic carbocycles. The average molecular weight is 302 g/mol. The van der Waals surface area contributed by atoms with E-state index in [4.69, 9.17) is 0 Å². The van der Waals surface area contributed by atoms with E-state index in [0.29, 0.717) is 15.9 Å². The van der Waals surface area contributed by atoms with E-state index in [-0.39, 0.29) is 5.56 Å². The van der Waals surface area contributed by atoms with Crippen molar-refractivity contribution in [1.29, 1.82) is 0 Å². The summed E-state index contributed by atoms with van der Waals surface area (Å²) in [5.41, 5.74) is 1.22. The Labute approximate surface area is 124 Å². The molecule has 3 aromatic heterocycles. The van der Waals surface area contributed by atoms with Crippen LogP contribution in [0.5, 0.6) is 0 Å². The van der Waals surface area contributed by atoms with Crippen LogP contribution in [0.15, 0.2) is 39.6 Å². The van der Waals surface area contributed by atoms with Crippen LogP contribution < -0.4 is 10.9 Å². The van der Waals surface area contributed by atoms with Gasteiger partial charge in [-0.3, -0.25) is 4.79 Å². The summed E-state index contributed by atoms with van der Waals surface area (Å²) >= 11 is 1.29. The molecule has 3 heterocycles. The van der Waals surface area contributed by atoms with Crippen molar-refractivity contribution < 1.29 is 0 Å². The fraction of sp³-hybridized carbons (Fsp3) is 0.231. The summed E-state index contributed by atoms with van der Waals surface area (Å²) in [5, 5.41) is 4.37. The van der Waals surface area contributed by atoms with E-state index in [9.17, 15) is 4.79 Å². The number of fused-ring (bicyclic) bond motifs is 1. The Hall–Kier alpha value is -2.35. The first-order valence-corrected chi connectivity index (χ1v) is 7.31. The monoisotopic (exact) mass is 302 g/mol. The van der Waals surface area contributed by atoms with Crippen LogP contribution in [-0.4, -0.2) is 30.9 Å². The highest BCUT2D eigenvalue weighted by Gasteiger charge is 2.11. The molecule has 8 heteroatoms. The minimum absolute atomic E-state index is 0.174. The van der Waals surface area contributed by atoms with Crippen LogP contribution in [0.4, 0.5) is 5.82 Å². The van der Waals surface area contributed by atoms with Gasteiger partial charge < -0.3 is 14.7 Å². The number of hydrogen-bond acceptors (Lipinski definition) is 6. The van der Waals surface area contributed by atoms with Gasteiger partial charge in [0, 0.05) is 30.7 Å². The number of aryl methyl sites for hydroxylation is 1. The van der Waals surface area contributed by atoms with E-state index in [2.05, 4.69) is 25.3 Å². The number of rotatable bonds is 4. The molecule has 0 aliphatic heterocycles. The predicted octanol–water partition coefficient (Wildman–Crippen LogP) is 1.70. The molecular weight excluding hydrogens is 288 g/mol. The smallest absolute Gasteiger partial charge is 0.251 e. The maximum Gasteiger partial charge on any atom is 0.251 e. The summed E-state index contributed by atoms with van der Waals surface area (Å²) in [4.78, 5) is 27.3. The van der Waals surface area contributed by atoms with Gasteiger partial charge >= 0.3 is 0 Å². The number of aromatic nitrogens is 5. The quantitative estimate of drug-likeness (QED) is 0.713. The summed E-state index contributed by atoms with van der Waals surface area (Å²) in [6.07, 6.45) is 5.44. The van der Waals surface area contributed by atoms with Crippen molar-refractivity contribution in [2.45, 2.75) is 24.0 Å². The third-order valence-corrected chi connectivity index (χ3v) is 3.60.